The molecule has 1 aromatic carbocycles. The molecule has 16 heavy (non-hydrogen) atoms. The van der Waals surface area contributed by atoms with Gasteiger partial charge in [0.2, 0.25) is 10.0 Å². The van der Waals surface area contributed by atoms with Gasteiger partial charge >= 0.3 is 0 Å². The zero-order chi connectivity index (χ0) is 11.6. The standard InChI is InChI=1S/C11H16N2O2S/c1-9-2-4-11(5-3-9)16(14,15)13-10-6-7-12-8-10/h2-5,10,12-13H,6-8H2,1H3. The topological polar surface area (TPSA) is 58.2 Å². The van der Waals surface area contributed by atoms with E-state index in [-0.39, 0.29) is 6.04 Å². The lowest BCUT2D eigenvalue weighted by molar-refractivity contribution is 0.560. The molecule has 2 N–H and O–H groups in total. The fraction of sp³-hybridized carbons (Fsp3) is 0.455. The lowest BCUT2D eigenvalue weighted by Crippen LogP contribution is -2.36. The van der Waals surface area contributed by atoms with Gasteiger partial charge in [0, 0.05) is 12.6 Å². The van der Waals surface area contributed by atoms with E-state index in [2.05, 4.69) is 10.0 Å². The zero-order valence-electron chi connectivity index (χ0n) is 9.23. The molecule has 1 saturated heterocycles. The monoisotopic (exact) mass is 240 g/mol. The molecule has 88 valence electrons. The third-order valence-electron chi connectivity index (χ3n) is 2.71. The summed E-state index contributed by atoms with van der Waals surface area (Å²) in [5.74, 6) is 0. The van der Waals surface area contributed by atoms with Crippen LogP contribution < -0.4 is 10.0 Å². The van der Waals surface area contributed by atoms with Crippen LogP contribution in [0.2, 0.25) is 0 Å². The van der Waals surface area contributed by atoms with Gasteiger partial charge < -0.3 is 5.32 Å². The molecule has 5 heteroatoms. The molecule has 0 spiro atoms. The number of rotatable bonds is 3. The summed E-state index contributed by atoms with van der Waals surface area (Å²) in [6.07, 6.45) is 0.852. The molecule has 4 nitrogen and oxygen atoms in total. The minimum Gasteiger partial charge on any atom is -0.315 e. The molecule has 1 aromatic rings. The van der Waals surface area contributed by atoms with E-state index in [1.807, 2.05) is 19.1 Å². The van der Waals surface area contributed by atoms with Crippen molar-refractivity contribution < 1.29 is 8.42 Å². The second-order valence-corrected chi connectivity index (χ2v) is 5.84. The van der Waals surface area contributed by atoms with Crippen molar-refractivity contribution in [1.29, 1.82) is 0 Å². The van der Waals surface area contributed by atoms with Crippen LogP contribution in [0.1, 0.15) is 12.0 Å². The summed E-state index contributed by atoms with van der Waals surface area (Å²) in [7, 11) is -3.35. The maximum Gasteiger partial charge on any atom is 0.240 e. The van der Waals surface area contributed by atoms with Gasteiger partial charge in [-0.15, -0.1) is 0 Å². The quantitative estimate of drug-likeness (QED) is 0.815. The molecule has 0 aliphatic carbocycles. The molecule has 1 fully saturated rings. The van der Waals surface area contributed by atoms with Crippen LogP contribution in [0.15, 0.2) is 29.2 Å². The van der Waals surface area contributed by atoms with E-state index in [9.17, 15) is 8.42 Å². The number of benzene rings is 1. The maximum atomic E-state index is 12.0. The molecule has 2 rings (SSSR count). The first-order chi connectivity index (χ1) is 7.58. The first kappa shape index (κ1) is 11.6. The molecule has 0 saturated carbocycles. The molecule has 1 aliphatic rings. The fourth-order valence-corrected chi connectivity index (χ4v) is 3.03. The predicted octanol–water partition coefficient (Wildman–Crippen LogP) is 0.635. The summed E-state index contributed by atoms with van der Waals surface area (Å²) in [6, 6.07) is 6.91. The van der Waals surface area contributed by atoms with E-state index in [0.717, 1.165) is 18.5 Å². The highest BCUT2D eigenvalue weighted by molar-refractivity contribution is 7.89. The maximum absolute atomic E-state index is 12.0. The van der Waals surface area contributed by atoms with Crippen molar-refractivity contribution in [3.8, 4) is 0 Å². The Morgan fingerprint density at radius 2 is 2.00 bits per heavy atom. The summed E-state index contributed by atoms with van der Waals surface area (Å²) in [6.45, 7) is 3.52. The average Bonchev–Trinajstić information content (AvgIpc) is 2.70. The molecule has 0 amide bonds. The van der Waals surface area contributed by atoms with E-state index < -0.39 is 10.0 Å². The van der Waals surface area contributed by atoms with E-state index >= 15 is 0 Å². The third-order valence-corrected chi connectivity index (χ3v) is 4.25. The third kappa shape index (κ3) is 2.61. The number of hydrogen-bond donors (Lipinski definition) is 2. The molecule has 0 bridgehead atoms. The highest BCUT2D eigenvalue weighted by Crippen LogP contribution is 2.11. The van der Waals surface area contributed by atoms with Crippen LogP contribution in [0.25, 0.3) is 0 Å². The SMILES string of the molecule is Cc1ccc(S(=O)(=O)NC2CCNC2)cc1. The van der Waals surface area contributed by atoms with Gasteiger partial charge in [-0.3, -0.25) is 0 Å². The average molecular weight is 240 g/mol. The number of hydrogen-bond acceptors (Lipinski definition) is 3. The Morgan fingerprint density at radius 3 is 2.56 bits per heavy atom. The van der Waals surface area contributed by atoms with Crippen molar-refractivity contribution in [3.05, 3.63) is 29.8 Å². The summed E-state index contributed by atoms with van der Waals surface area (Å²) in [5, 5.41) is 3.13. The smallest absolute Gasteiger partial charge is 0.240 e. The Balaban J connectivity index is 2.14. The minimum atomic E-state index is -3.35. The van der Waals surface area contributed by atoms with Gasteiger partial charge in [-0.2, -0.15) is 0 Å². The summed E-state index contributed by atoms with van der Waals surface area (Å²) < 4.78 is 26.6. The Bertz CT molecular complexity index is 447. The molecule has 1 atom stereocenters. The first-order valence-electron chi connectivity index (χ1n) is 5.38. The van der Waals surface area contributed by atoms with Crippen LogP contribution in [0, 0.1) is 6.92 Å². The lowest BCUT2D eigenvalue weighted by atomic mass is 10.2. The highest BCUT2D eigenvalue weighted by Gasteiger charge is 2.22. The Morgan fingerprint density at radius 1 is 1.31 bits per heavy atom. The molecule has 1 unspecified atom stereocenters. The molecular weight excluding hydrogens is 224 g/mol. The van der Waals surface area contributed by atoms with E-state index in [0.29, 0.717) is 11.4 Å². The van der Waals surface area contributed by atoms with Crippen LogP contribution in [0.4, 0.5) is 0 Å². The van der Waals surface area contributed by atoms with Gasteiger partial charge in [0.25, 0.3) is 0 Å². The van der Waals surface area contributed by atoms with Crippen molar-refractivity contribution in [2.45, 2.75) is 24.3 Å². The minimum absolute atomic E-state index is 0.0197. The number of aryl methyl sites for hydroxylation is 1. The van der Waals surface area contributed by atoms with E-state index in [4.69, 9.17) is 0 Å². The largest absolute Gasteiger partial charge is 0.315 e. The Labute approximate surface area is 96.1 Å². The second kappa shape index (κ2) is 4.53. The van der Waals surface area contributed by atoms with Gasteiger partial charge in [0.15, 0.2) is 0 Å². The van der Waals surface area contributed by atoms with Crippen molar-refractivity contribution in [2.75, 3.05) is 13.1 Å². The van der Waals surface area contributed by atoms with Crippen LogP contribution in [-0.4, -0.2) is 27.5 Å². The molecule has 0 aromatic heterocycles. The van der Waals surface area contributed by atoms with Gasteiger partial charge in [-0.25, -0.2) is 13.1 Å². The lowest BCUT2D eigenvalue weighted by Gasteiger charge is -2.11. The van der Waals surface area contributed by atoms with Crippen LogP contribution in [0.5, 0.6) is 0 Å². The highest BCUT2D eigenvalue weighted by atomic mass is 32.2. The normalized spacial score (nSPS) is 21.2. The summed E-state index contributed by atoms with van der Waals surface area (Å²) in [4.78, 5) is 0.338. The first-order valence-corrected chi connectivity index (χ1v) is 6.86. The van der Waals surface area contributed by atoms with Gasteiger partial charge in [0.05, 0.1) is 4.90 Å². The summed E-state index contributed by atoms with van der Waals surface area (Å²) >= 11 is 0. The van der Waals surface area contributed by atoms with Crippen molar-refractivity contribution in [2.24, 2.45) is 0 Å². The van der Waals surface area contributed by atoms with Crippen LogP contribution in [0.3, 0.4) is 0 Å². The molecule has 1 aliphatic heterocycles. The zero-order valence-corrected chi connectivity index (χ0v) is 10.0. The van der Waals surface area contributed by atoms with Crippen molar-refractivity contribution >= 4 is 10.0 Å². The number of sulfonamides is 1. The van der Waals surface area contributed by atoms with Crippen LogP contribution >= 0.6 is 0 Å². The van der Waals surface area contributed by atoms with E-state index in [1.54, 1.807) is 12.1 Å². The van der Waals surface area contributed by atoms with Crippen molar-refractivity contribution in [3.63, 3.8) is 0 Å². The van der Waals surface area contributed by atoms with E-state index in [1.165, 1.54) is 0 Å². The number of nitrogens with one attached hydrogen (secondary N) is 2. The van der Waals surface area contributed by atoms with Gasteiger partial charge in [0.1, 0.15) is 0 Å². The predicted molar refractivity (Wildman–Crippen MR) is 62.8 cm³/mol. The van der Waals surface area contributed by atoms with Crippen LogP contribution in [-0.2, 0) is 10.0 Å². The molecular formula is C11H16N2O2S. The van der Waals surface area contributed by atoms with Gasteiger partial charge in [-0.05, 0) is 32.0 Å². The Hall–Kier alpha value is -0.910. The van der Waals surface area contributed by atoms with Gasteiger partial charge in [-0.1, -0.05) is 17.7 Å². The second-order valence-electron chi connectivity index (χ2n) is 4.12. The van der Waals surface area contributed by atoms with Crippen molar-refractivity contribution in [1.82, 2.24) is 10.0 Å². The summed E-state index contributed by atoms with van der Waals surface area (Å²) in [5.41, 5.74) is 1.06. The molecule has 1 heterocycles. The fourth-order valence-electron chi connectivity index (χ4n) is 1.76. The Kier molecular flexibility index (Phi) is 3.28. The molecule has 0 radical (unpaired) electrons.